The van der Waals surface area contributed by atoms with Gasteiger partial charge in [0, 0.05) is 20.0 Å². The summed E-state index contributed by atoms with van der Waals surface area (Å²) in [5, 5.41) is 10.0. The molecule has 1 aliphatic rings. The lowest BCUT2D eigenvalue weighted by Gasteiger charge is -2.35. The molecule has 134 valence electrons. The Hall–Kier alpha value is -1.88. The fraction of sp³-hybridized carbons (Fsp3) is 0.400. The maximum absolute atomic E-state index is 12.9. The zero-order valence-electron chi connectivity index (χ0n) is 13.7. The first-order valence-corrected chi connectivity index (χ1v) is 9.93. The molecule has 0 spiro atoms. The number of hydrogen-bond acceptors (Lipinski definition) is 7. The third-order valence-corrected chi connectivity index (χ3v) is 6.66. The van der Waals surface area contributed by atoms with Gasteiger partial charge in [0.2, 0.25) is 15.4 Å². The number of carbonyl (C=O) groups is 1. The fourth-order valence-corrected chi connectivity index (χ4v) is 5.19. The standard InChI is InChI=1S/C15H18N4O4S2/c1-10-8-19(9-13(23-10)12-6-4-3-5-7-12)25(21,22)15-18-17-14(24-15)16-11(2)20/h3-7,10,13H,8-9H2,1-2H3,(H,16,17,20). The van der Waals surface area contributed by atoms with Crippen molar-refractivity contribution in [2.75, 3.05) is 18.4 Å². The first-order valence-electron chi connectivity index (χ1n) is 7.68. The van der Waals surface area contributed by atoms with Crippen molar-refractivity contribution < 1.29 is 17.9 Å². The summed E-state index contributed by atoms with van der Waals surface area (Å²) in [4.78, 5) is 11.1. The van der Waals surface area contributed by atoms with E-state index in [9.17, 15) is 13.2 Å². The molecule has 1 saturated heterocycles. The van der Waals surface area contributed by atoms with Gasteiger partial charge in [0.1, 0.15) is 0 Å². The first-order chi connectivity index (χ1) is 11.9. The Kier molecular flexibility index (Phi) is 5.13. The summed E-state index contributed by atoms with van der Waals surface area (Å²) >= 11 is 0.835. The molecule has 1 N–H and O–H groups in total. The Morgan fingerprint density at radius 2 is 2.00 bits per heavy atom. The minimum atomic E-state index is -3.80. The van der Waals surface area contributed by atoms with Crippen LogP contribution in [0.4, 0.5) is 5.13 Å². The number of aromatic nitrogens is 2. The number of morpholine rings is 1. The number of nitrogens with one attached hydrogen (secondary N) is 1. The lowest BCUT2D eigenvalue weighted by atomic mass is 10.1. The molecule has 2 aromatic rings. The second-order valence-corrected chi connectivity index (χ2v) is 8.81. The number of ether oxygens (including phenoxy) is 1. The van der Waals surface area contributed by atoms with E-state index >= 15 is 0 Å². The van der Waals surface area contributed by atoms with Crippen molar-refractivity contribution in [1.82, 2.24) is 14.5 Å². The van der Waals surface area contributed by atoms with Gasteiger partial charge >= 0.3 is 0 Å². The Labute approximate surface area is 149 Å². The van der Waals surface area contributed by atoms with Crippen LogP contribution < -0.4 is 5.32 Å². The van der Waals surface area contributed by atoms with Gasteiger partial charge in [-0.15, -0.1) is 10.2 Å². The monoisotopic (exact) mass is 382 g/mol. The van der Waals surface area contributed by atoms with Crippen LogP contribution in [-0.2, 0) is 19.6 Å². The summed E-state index contributed by atoms with van der Waals surface area (Å²) in [6.45, 7) is 3.59. The van der Waals surface area contributed by atoms with Gasteiger partial charge in [-0.3, -0.25) is 4.79 Å². The van der Waals surface area contributed by atoms with Crippen LogP contribution in [0.25, 0.3) is 0 Å². The molecule has 3 rings (SSSR count). The third-order valence-electron chi connectivity index (χ3n) is 3.65. The van der Waals surface area contributed by atoms with Crippen LogP contribution in [0.1, 0.15) is 25.5 Å². The van der Waals surface area contributed by atoms with Crippen molar-refractivity contribution in [3.05, 3.63) is 35.9 Å². The molecule has 2 heterocycles. The van der Waals surface area contributed by atoms with Gasteiger partial charge in [-0.2, -0.15) is 4.31 Å². The highest BCUT2D eigenvalue weighted by molar-refractivity contribution is 7.91. The van der Waals surface area contributed by atoms with E-state index in [-0.39, 0.29) is 40.7 Å². The van der Waals surface area contributed by atoms with E-state index in [4.69, 9.17) is 4.74 Å². The molecular weight excluding hydrogens is 364 g/mol. The normalized spacial score (nSPS) is 21.8. The van der Waals surface area contributed by atoms with Gasteiger partial charge in [0.15, 0.2) is 0 Å². The molecule has 2 unspecified atom stereocenters. The largest absolute Gasteiger partial charge is 0.368 e. The predicted octanol–water partition coefficient (Wildman–Crippen LogP) is 1.65. The molecule has 0 radical (unpaired) electrons. The van der Waals surface area contributed by atoms with Gasteiger partial charge in [-0.25, -0.2) is 8.42 Å². The average Bonchev–Trinajstić information content (AvgIpc) is 3.03. The summed E-state index contributed by atoms with van der Waals surface area (Å²) in [6, 6.07) is 9.50. The van der Waals surface area contributed by atoms with E-state index in [1.807, 2.05) is 37.3 Å². The van der Waals surface area contributed by atoms with E-state index in [1.54, 1.807) is 0 Å². The Morgan fingerprint density at radius 3 is 2.68 bits per heavy atom. The van der Waals surface area contributed by atoms with Crippen molar-refractivity contribution in [3.63, 3.8) is 0 Å². The Bertz CT molecular complexity index is 853. The topological polar surface area (TPSA) is 101 Å². The van der Waals surface area contributed by atoms with E-state index in [2.05, 4.69) is 15.5 Å². The molecule has 2 atom stereocenters. The molecule has 25 heavy (non-hydrogen) atoms. The van der Waals surface area contributed by atoms with E-state index < -0.39 is 10.0 Å². The number of benzene rings is 1. The molecule has 10 heteroatoms. The van der Waals surface area contributed by atoms with Crippen LogP contribution in [0.3, 0.4) is 0 Å². The molecule has 8 nitrogen and oxygen atoms in total. The lowest BCUT2D eigenvalue weighted by Crippen LogP contribution is -2.45. The van der Waals surface area contributed by atoms with Gasteiger partial charge in [0.05, 0.1) is 12.2 Å². The summed E-state index contributed by atoms with van der Waals surface area (Å²) in [7, 11) is -3.80. The molecule has 1 aliphatic heterocycles. The number of nitrogens with zero attached hydrogens (tertiary/aromatic N) is 3. The van der Waals surface area contributed by atoms with Crippen LogP contribution in [0, 0.1) is 0 Å². The zero-order chi connectivity index (χ0) is 18.0. The fourth-order valence-electron chi connectivity index (χ4n) is 2.59. The minimum absolute atomic E-state index is 0.142. The van der Waals surface area contributed by atoms with Crippen LogP contribution in [0.5, 0.6) is 0 Å². The molecule has 1 amide bonds. The Morgan fingerprint density at radius 1 is 1.28 bits per heavy atom. The number of sulfonamides is 1. The summed E-state index contributed by atoms with van der Waals surface area (Å²) < 4.78 is 32.9. The van der Waals surface area contributed by atoms with E-state index in [0.29, 0.717) is 0 Å². The third kappa shape index (κ3) is 4.03. The van der Waals surface area contributed by atoms with E-state index in [0.717, 1.165) is 16.9 Å². The number of anilines is 1. The number of hydrogen-bond donors (Lipinski definition) is 1. The van der Waals surface area contributed by atoms with Gasteiger partial charge in [-0.05, 0) is 12.5 Å². The molecule has 1 fully saturated rings. The number of rotatable bonds is 4. The SMILES string of the molecule is CC(=O)Nc1nnc(S(=O)(=O)N2CC(C)OC(c3ccccc3)C2)s1. The van der Waals surface area contributed by atoms with Crippen molar-refractivity contribution in [2.45, 2.75) is 30.4 Å². The molecule has 0 aliphatic carbocycles. The second kappa shape index (κ2) is 7.16. The molecular formula is C15H18N4O4S2. The lowest BCUT2D eigenvalue weighted by molar-refractivity contribution is -0.114. The van der Waals surface area contributed by atoms with Gasteiger partial charge in [0.25, 0.3) is 10.0 Å². The quantitative estimate of drug-likeness (QED) is 0.807. The number of carbonyl (C=O) groups excluding carboxylic acids is 1. The highest BCUT2D eigenvalue weighted by Gasteiger charge is 2.36. The van der Waals surface area contributed by atoms with Crippen molar-refractivity contribution in [1.29, 1.82) is 0 Å². The van der Waals surface area contributed by atoms with Crippen LogP contribution in [0.15, 0.2) is 34.7 Å². The van der Waals surface area contributed by atoms with Crippen LogP contribution in [-0.4, -0.2) is 48.0 Å². The smallest absolute Gasteiger partial charge is 0.272 e. The number of amides is 1. The summed E-state index contributed by atoms with van der Waals surface area (Å²) in [6.07, 6.45) is -0.598. The van der Waals surface area contributed by atoms with Crippen molar-refractivity contribution in [3.8, 4) is 0 Å². The highest BCUT2D eigenvalue weighted by atomic mass is 32.2. The van der Waals surface area contributed by atoms with Gasteiger partial charge < -0.3 is 10.1 Å². The van der Waals surface area contributed by atoms with Crippen LogP contribution in [0.2, 0.25) is 0 Å². The zero-order valence-corrected chi connectivity index (χ0v) is 15.4. The van der Waals surface area contributed by atoms with Gasteiger partial charge in [-0.1, -0.05) is 41.7 Å². The molecule has 1 aromatic carbocycles. The molecule has 1 aromatic heterocycles. The van der Waals surface area contributed by atoms with Crippen molar-refractivity contribution in [2.24, 2.45) is 0 Å². The average molecular weight is 382 g/mol. The predicted molar refractivity (Wildman–Crippen MR) is 92.7 cm³/mol. The summed E-state index contributed by atoms with van der Waals surface area (Å²) in [5.74, 6) is -0.329. The highest BCUT2D eigenvalue weighted by Crippen LogP contribution is 2.30. The molecule has 0 bridgehead atoms. The first kappa shape index (κ1) is 17.9. The maximum atomic E-state index is 12.9. The second-order valence-electron chi connectivity index (χ2n) is 5.72. The summed E-state index contributed by atoms with van der Waals surface area (Å²) in [5.41, 5.74) is 0.922. The van der Waals surface area contributed by atoms with Crippen LogP contribution >= 0.6 is 11.3 Å². The maximum Gasteiger partial charge on any atom is 0.272 e. The van der Waals surface area contributed by atoms with Crippen molar-refractivity contribution >= 4 is 32.4 Å². The molecule has 0 saturated carbocycles. The van der Waals surface area contributed by atoms with E-state index in [1.165, 1.54) is 11.2 Å². The Balaban J connectivity index is 1.83. The minimum Gasteiger partial charge on any atom is -0.368 e.